The molecule has 9 rings (SSSR count). The minimum Gasteiger partial charge on any atom is -0.453 e. The molecule has 2 aliphatic rings. The number of carbonyl (C=O) groups excluding carboxylic acids is 2. The predicted octanol–water partition coefficient (Wildman–Crippen LogP) is 9.75. The number of imidazole rings is 2. The third-order valence-electron chi connectivity index (χ3n) is 14.0. The van der Waals surface area contributed by atoms with Gasteiger partial charge in [-0.05, 0) is 132 Å². The van der Waals surface area contributed by atoms with E-state index in [-0.39, 0.29) is 35.7 Å². The first-order chi connectivity index (χ1) is 31.9. The Morgan fingerprint density at radius 1 is 0.833 bits per heavy atom. The molecule has 2 fully saturated rings. The second-order valence-corrected chi connectivity index (χ2v) is 19.1. The third kappa shape index (κ3) is 9.14. The van der Waals surface area contributed by atoms with Crippen LogP contribution in [-0.2, 0) is 14.3 Å². The number of nitrogens with one attached hydrogen (secondary N) is 4. The van der Waals surface area contributed by atoms with Gasteiger partial charge in [-0.1, -0.05) is 82.3 Å². The number of H-pyrrole nitrogens is 2. The number of likely N-dealkylation sites (tertiary alicyclic amines) is 1. The van der Waals surface area contributed by atoms with Gasteiger partial charge in [-0.15, -0.1) is 0 Å². The minimum atomic E-state index is -1.22. The van der Waals surface area contributed by atoms with Gasteiger partial charge < -0.3 is 40.5 Å². The van der Waals surface area contributed by atoms with Crippen LogP contribution in [-0.4, -0.2) is 87.7 Å². The number of aliphatic hydroxyl groups excluding tert-OH is 1. The van der Waals surface area contributed by atoms with E-state index in [0.717, 1.165) is 87.4 Å². The quantitative estimate of drug-likeness (QED) is 0.0485. The molecule has 2 unspecified atom stereocenters. The highest BCUT2D eigenvalue weighted by molar-refractivity contribution is 6.07. The van der Waals surface area contributed by atoms with E-state index in [9.17, 15) is 14.7 Å². The normalized spacial score (nSPS) is 17.4. The summed E-state index contributed by atoms with van der Waals surface area (Å²) in [6.45, 7) is 9.38. The maximum atomic E-state index is 13.8. The monoisotopic (exact) mass is 892 g/mol. The van der Waals surface area contributed by atoms with Crippen LogP contribution in [0.15, 0.2) is 78.9 Å². The van der Waals surface area contributed by atoms with Crippen molar-refractivity contribution in [2.75, 3.05) is 27.3 Å². The van der Waals surface area contributed by atoms with E-state index in [1.54, 1.807) is 0 Å². The Hall–Kier alpha value is -5.86. The Labute approximate surface area is 386 Å². The van der Waals surface area contributed by atoms with Crippen LogP contribution in [0.1, 0.15) is 108 Å². The Morgan fingerprint density at radius 3 is 2.17 bits per heavy atom. The van der Waals surface area contributed by atoms with E-state index in [1.165, 1.54) is 54.9 Å². The molecule has 1 saturated carbocycles. The SMILES string of the molecule is COC(=O)N[C@H](CC(CCCN)c1nc2ccc3cc(-c4ccc(-c5ccc6c(ccc7nc([C@@H]8CCCN8C(=O)[C@@H](NC(O)OC)C(C)C)[nH]c76)c5)c(C5CC5)c4)ccc3c2[nH]1)C(C)C. The van der Waals surface area contributed by atoms with Crippen LogP contribution in [0.2, 0.25) is 0 Å². The molecule has 1 aliphatic heterocycles. The summed E-state index contributed by atoms with van der Waals surface area (Å²) in [5, 5.41) is 20.6. The Morgan fingerprint density at radius 2 is 1.50 bits per heavy atom. The first-order valence-electron chi connectivity index (χ1n) is 23.8. The number of fused-ring (bicyclic) bond motifs is 6. The lowest BCUT2D eigenvalue weighted by Crippen LogP contribution is -2.52. The molecule has 2 aromatic heterocycles. The molecule has 346 valence electrons. The van der Waals surface area contributed by atoms with E-state index >= 15 is 0 Å². The topological polar surface area (TPSA) is 184 Å². The number of hydrogen-bond acceptors (Lipinski definition) is 9. The van der Waals surface area contributed by atoms with Crippen molar-refractivity contribution in [1.82, 2.24) is 35.5 Å². The van der Waals surface area contributed by atoms with Gasteiger partial charge >= 0.3 is 6.09 Å². The number of nitrogens with two attached hydrogens (primary N) is 1. The van der Waals surface area contributed by atoms with Crippen LogP contribution in [0, 0.1) is 11.8 Å². The number of nitrogens with zero attached hydrogens (tertiary/aromatic N) is 3. The molecule has 0 spiro atoms. The lowest BCUT2D eigenvalue weighted by atomic mass is 9.89. The van der Waals surface area contributed by atoms with Crippen molar-refractivity contribution in [3.63, 3.8) is 0 Å². The molecule has 1 aliphatic carbocycles. The molecule has 0 bridgehead atoms. The molecule has 7 N–H and O–H groups in total. The average Bonchev–Trinajstić information content (AvgIpc) is 3.66. The number of benzene rings is 5. The molecule has 5 atom stereocenters. The molecule has 7 aromatic rings. The highest BCUT2D eigenvalue weighted by atomic mass is 16.6. The highest BCUT2D eigenvalue weighted by Gasteiger charge is 2.37. The summed E-state index contributed by atoms with van der Waals surface area (Å²) in [4.78, 5) is 45.4. The summed E-state index contributed by atoms with van der Waals surface area (Å²) in [5.41, 5.74) is 16.0. The number of aromatic nitrogens is 4. The van der Waals surface area contributed by atoms with Gasteiger partial charge in [0.1, 0.15) is 11.6 Å². The van der Waals surface area contributed by atoms with Gasteiger partial charge in [-0.3, -0.25) is 10.1 Å². The zero-order chi connectivity index (χ0) is 46.2. The molecule has 3 heterocycles. The summed E-state index contributed by atoms with van der Waals surface area (Å²) in [5.74, 6) is 2.45. The van der Waals surface area contributed by atoms with Crippen LogP contribution in [0.5, 0.6) is 0 Å². The fraction of sp³-hybridized carbons (Fsp3) is 0.434. The van der Waals surface area contributed by atoms with Crippen LogP contribution in [0.25, 0.3) is 65.9 Å². The highest BCUT2D eigenvalue weighted by Crippen LogP contribution is 2.47. The van der Waals surface area contributed by atoms with E-state index < -0.39 is 18.5 Å². The first kappa shape index (κ1) is 45.3. The lowest BCUT2D eigenvalue weighted by Gasteiger charge is -2.31. The number of alkyl carbamates (subject to hydrolysis) is 1. The number of ether oxygens (including phenoxy) is 2. The van der Waals surface area contributed by atoms with E-state index in [1.807, 2.05) is 18.7 Å². The Kier molecular flexibility index (Phi) is 13.2. The molecule has 66 heavy (non-hydrogen) atoms. The zero-order valence-corrected chi connectivity index (χ0v) is 39.0. The number of carbonyl (C=O) groups is 2. The maximum Gasteiger partial charge on any atom is 0.407 e. The summed E-state index contributed by atoms with van der Waals surface area (Å²) in [6.07, 6.45) is 4.88. The molecule has 1 saturated heterocycles. The van der Waals surface area contributed by atoms with Gasteiger partial charge in [0.25, 0.3) is 0 Å². The van der Waals surface area contributed by atoms with Crippen molar-refractivity contribution in [3.8, 4) is 22.3 Å². The van der Waals surface area contributed by atoms with Gasteiger partial charge in [0.2, 0.25) is 12.3 Å². The van der Waals surface area contributed by atoms with Crippen LogP contribution in [0.3, 0.4) is 0 Å². The van der Waals surface area contributed by atoms with Gasteiger partial charge in [0.15, 0.2) is 0 Å². The van der Waals surface area contributed by atoms with Gasteiger partial charge in [0, 0.05) is 36.4 Å². The maximum absolute atomic E-state index is 13.8. The summed E-state index contributed by atoms with van der Waals surface area (Å²) in [6, 6.07) is 28.1. The molecule has 13 heteroatoms. The van der Waals surface area contributed by atoms with Crippen molar-refractivity contribution in [1.29, 1.82) is 0 Å². The molecule has 13 nitrogen and oxygen atoms in total. The number of amides is 2. The fourth-order valence-corrected chi connectivity index (χ4v) is 10.1. The number of aromatic amines is 2. The molecule has 5 aromatic carbocycles. The first-order valence-corrected chi connectivity index (χ1v) is 23.8. The summed E-state index contributed by atoms with van der Waals surface area (Å²) < 4.78 is 9.95. The van der Waals surface area contributed by atoms with Crippen LogP contribution < -0.4 is 16.4 Å². The van der Waals surface area contributed by atoms with E-state index in [4.69, 9.17) is 25.2 Å². The fourth-order valence-electron chi connectivity index (χ4n) is 10.1. The zero-order valence-electron chi connectivity index (χ0n) is 39.0. The Balaban J connectivity index is 0.979. The lowest BCUT2D eigenvalue weighted by molar-refractivity contribution is -0.145. The molecule has 2 amide bonds. The van der Waals surface area contributed by atoms with Gasteiger partial charge in [-0.25, -0.2) is 14.8 Å². The van der Waals surface area contributed by atoms with Crippen molar-refractivity contribution in [2.24, 2.45) is 17.6 Å². The minimum absolute atomic E-state index is 0.0436. The smallest absolute Gasteiger partial charge is 0.407 e. The van der Waals surface area contributed by atoms with Crippen molar-refractivity contribution >= 4 is 55.6 Å². The molecule has 0 radical (unpaired) electrons. The van der Waals surface area contributed by atoms with E-state index in [0.29, 0.717) is 19.0 Å². The van der Waals surface area contributed by atoms with Crippen LogP contribution in [0.4, 0.5) is 4.79 Å². The van der Waals surface area contributed by atoms with E-state index in [2.05, 4.69) is 113 Å². The second kappa shape index (κ2) is 19.2. The molecular weight excluding hydrogens is 829 g/mol. The summed E-state index contributed by atoms with van der Waals surface area (Å²) >= 11 is 0. The van der Waals surface area contributed by atoms with Crippen LogP contribution >= 0.6 is 0 Å². The predicted molar refractivity (Wildman–Crippen MR) is 262 cm³/mol. The largest absolute Gasteiger partial charge is 0.453 e. The van der Waals surface area contributed by atoms with Gasteiger partial charge in [0.05, 0.1) is 41.3 Å². The number of rotatable bonds is 17. The Bertz CT molecular complexity index is 2880. The number of aliphatic hydroxyl groups is 1. The number of hydrogen-bond donors (Lipinski definition) is 6. The third-order valence-corrected chi connectivity index (χ3v) is 14.0. The van der Waals surface area contributed by atoms with Gasteiger partial charge in [-0.2, -0.15) is 0 Å². The standard InChI is InChI=1S/C53H64N8O5/c1-29(2)44(57-52(63)65-5)28-37(9-7-23-54)49-55-42-21-16-35-25-32(14-19-39(35)47(42)58-49)33-13-18-38(41(27-33)31-11-12-31)34-15-20-40-36(26-34)17-22-43-48(40)59-50(56-43)45-10-8-24-61(45)51(62)46(30(3)4)60-53(64)66-6/h13-22,25-27,29-31,37,44-46,53,60,64H,7-12,23-24,28,54H2,1-6H3,(H,55,58)(H,56,59)(H,57,63)/t37?,44-,45+,46+,53?/m1/s1. The molecular formula is C53H64N8O5. The average molecular weight is 893 g/mol. The van der Waals surface area contributed by atoms with Crippen molar-refractivity contribution in [2.45, 2.75) is 109 Å². The van der Waals surface area contributed by atoms with Crippen molar-refractivity contribution in [3.05, 3.63) is 96.1 Å². The second-order valence-electron chi connectivity index (χ2n) is 19.1. The van der Waals surface area contributed by atoms with Crippen molar-refractivity contribution < 1.29 is 24.2 Å². The number of methoxy groups -OCH3 is 2. The summed E-state index contributed by atoms with van der Waals surface area (Å²) in [7, 11) is 2.80.